The highest BCUT2D eigenvalue weighted by Gasteiger charge is 2.00. The van der Waals surface area contributed by atoms with Crippen LogP contribution in [0.2, 0.25) is 0 Å². The molecule has 1 nitrogen and oxygen atoms in total. The van der Waals surface area contributed by atoms with Crippen molar-refractivity contribution >= 4 is 28.1 Å². The molecule has 0 saturated heterocycles. The SMILES string of the molecule is C=C(CCl)c1ccc2nc(C)ccc2c1. The lowest BCUT2D eigenvalue weighted by Crippen LogP contribution is -1.87. The van der Waals surface area contributed by atoms with E-state index < -0.39 is 0 Å². The second-order valence-corrected chi connectivity index (χ2v) is 3.86. The van der Waals surface area contributed by atoms with Crippen LogP contribution >= 0.6 is 11.6 Å². The fraction of sp³-hybridized carbons (Fsp3) is 0.154. The summed E-state index contributed by atoms with van der Waals surface area (Å²) in [6.45, 7) is 5.91. The fourth-order valence-electron chi connectivity index (χ4n) is 1.52. The van der Waals surface area contributed by atoms with E-state index in [1.165, 1.54) is 0 Å². The predicted molar refractivity (Wildman–Crippen MR) is 66.2 cm³/mol. The van der Waals surface area contributed by atoms with E-state index in [1.807, 2.05) is 25.1 Å². The quantitative estimate of drug-likeness (QED) is 0.698. The number of halogens is 1. The number of aryl methyl sites for hydroxylation is 1. The van der Waals surface area contributed by atoms with E-state index in [1.54, 1.807) is 0 Å². The van der Waals surface area contributed by atoms with Crippen LogP contribution in [0.1, 0.15) is 11.3 Å². The van der Waals surface area contributed by atoms with Gasteiger partial charge in [-0.3, -0.25) is 4.98 Å². The predicted octanol–water partition coefficient (Wildman–Crippen LogP) is 3.80. The van der Waals surface area contributed by atoms with Gasteiger partial charge >= 0.3 is 0 Å². The number of fused-ring (bicyclic) bond motifs is 1. The van der Waals surface area contributed by atoms with Gasteiger partial charge in [-0.05, 0) is 36.3 Å². The zero-order chi connectivity index (χ0) is 10.8. The van der Waals surface area contributed by atoms with Gasteiger partial charge in [-0.1, -0.05) is 18.7 Å². The Morgan fingerprint density at radius 3 is 2.87 bits per heavy atom. The molecule has 0 bridgehead atoms. The lowest BCUT2D eigenvalue weighted by atomic mass is 10.1. The van der Waals surface area contributed by atoms with Gasteiger partial charge in [-0.25, -0.2) is 0 Å². The van der Waals surface area contributed by atoms with Crippen molar-refractivity contribution in [3.05, 3.63) is 48.2 Å². The molecule has 0 saturated carbocycles. The molecule has 1 aromatic carbocycles. The van der Waals surface area contributed by atoms with Crippen LogP contribution in [-0.4, -0.2) is 10.9 Å². The summed E-state index contributed by atoms with van der Waals surface area (Å²) in [5.74, 6) is 0.463. The monoisotopic (exact) mass is 217 g/mol. The second-order valence-electron chi connectivity index (χ2n) is 3.60. The van der Waals surface area contributed by atoms with Gasteiger partial charge in [0.1, 0.15) is 0 Å². The van der Waals surface area contributed by atoms with Gasteiger partial charge < -0.3 is 0 Å². The van der Waals surface area contributed by atoms with Crippen LogP contribution in [0.3, 0.4) is 0 Å². The summed E-state index contributed by atoms with van der Waals surface area (Å²) < 4.78 is 0. The maximum atomic E-state index is 5.75. The van der Waals surface area contributed by atoms with Crippen molar-refractivity contribution in [3.8, 4) is 0 Å². The van der Waals surface area contributed by atoms with Gasteiger partial charge in [0, 0.05) is 17.0 Å². The molecule has 2 heteroatoms. The molecule has 0 fully saturated rings. The highest BCUT2D eigenvalue weighted by atomic mass is 35.5. The van der Waals surface area contributed by atoms with Gasteiger partial charge in [0.25, 0.3) is 0 Å². The number of hydrogen-bond acceptors (Lipinski definition) is 1. The number of aromatic nitrogens is 1. The average Bonchev–Trinajstić information content (AvgIpc) is 2.27. The van der Waals surface area contributed by atoms with Crippen molar-refractivity contribution in [1.29, 1.82) is 0 Å². The Morgan fingerprint density at radius 2 is 2.13 bits per heavy atom. The summed E-state index contributed by atoms with van der Waals surface area (Å²) in [7, 11) is 0. The van der Waals surface area contributed by atoms with Crippen LogP contribution < -0.4 is 0 Å². The number of rotatable bonds is 2. The molecule has 0 unspecified atom stereocenters. The maximum absolute atomic E-state index is 5.75. The highest BCUT2D eigenvalue weighted by molar-refractivity contribution is 6.23. The molecular formula is C13H12ClN. The first-order valence-corrected chi connectivity index (χ1v) is 5.35. The van der Waals surface area contributed by atoms with Crippen LogP contribution in [-0.2, 0) is 0 Å². The molecule has 0 radical (unpaired) electrons. The molecule has 0 atom stereocenters. The van der Waals surface area contributed by atoms with Crippen molar-refractivity contribution in [2.75, 3.05) is 5.88 Å². The second kappa shape index (κ2) is 4.03. The van der Waals surface area contributed by atoms with Crippen molar-refractivity contribution in [1.82, 2.24) is 4.98 Å². The van der Waals surface area contributed by atoms with Gasteiger partial charge in [-0.2, -0.15) is 0 Å². The molecule has 0 N–H and O–H groups in total. The lowest BCUT2D eigenvalue weighted by Gasteiger charge is -2.04. The van der Waals surface area contributed by atoms with E-state index in [0.717, 1.165) is 27.7 Å². The maximum Gasteiger partial charge on any atom is 0.0705 e. The molecular weight excluding hydrogens is 206 g/mol. The first-order chi connectivity index (χ1) is 7.20. The van der Waals surface area contributed by atoms with Crippen LogP contribution in [0.15, 0.2) is 36.9 Å². The summed E-state index contributed by atoms with van der Waals surface area (Å²) in [6.07, 6.45) is 0. The first-order valence-electron chi connectivity index (χ1n) is 4.82. The summed E-state index contributed by atoms with van der Waals surface area (Å²) >= 11 is 5.75. The van der Waals surface area contributed by atoms with Crippen molar-refractivity contribution in [2.24, 2.45) is 0 Å². The molecule has 0 spiro atoms. The number of alkyl halides is 1. The van der Waals surface area contributed by atoms with E-state index in [0.29, 0.717) is 5.88 Å². The van der Waals surface area contributed by atoms with Gasteiger partial charge in [0.2, 0.25) is 0 Å². The van der Waals surface area contributed by atoms with Gasteiger partial charge in [0.15, 0.2) is 0 Å². The van der Waals surface area contributed by atoms with E-state index in [4.69, 9.17) is 11.6 Å². The third-order valence-corrected chi connectivity index (χ3v) is 2.72. The fourth-order valence-corrected chi connectivity index (χ4v) is 1.68. The topological polar surface area (TPSA) is 12.9 Å². The van der Waals surface area contributed by atoms with Crippen LogP contribution in [0.4, 0.5) is 0 Å². The summed E-state index contributed by atoms with van der Waals surface area (Å²) in [5.41, 5.74) is 4.08. The van der Waals surface area contributed by atoms with E-state index in [2.05, 4.69) is 23.7 Å². The standard InChI is InChI=1S/C13H12ClN/c1-9(8-14)11-5-6-13-12(7-11)4-3-10(2)15-13/h3-7H,1,8H2,2H3. The molecule has 2 aromatic rings. The number of nitrogens with zero attached hydrogens (tertiary/aromatic N) is 1. The molecule has 0 aliphatic rings. The summed E-state index contributed by atoms with van der Waals surface area (Å²) in [6, 6.07) is 10.2. The average molecular weight is 218 g/mol. The molecule has 76 valence electrons. The number of allylic oxidation sites excluding steroid dienone is 1. The molecule has 0 aliphatic heterocycles. The largest absolute Gasteiger partial charge is 0.253 e. The van der Waals surface area contributed by atoms with Crippen LogP contribution in [0, 0.1) is 6.92 Å². The summed E-state index contributed by atoms with van der Waals surface area (Å²) in [5, 5.41) is 1.13. The zero-order valence-corrected chi connectivity index (χ0v) is 9.38. The third kappa shape index (κ3) is 2.02. The van der Waals surface area contributed by atoms with Crippen molar-refractivity contribution in [2.45, 2.75) is 6.92 Å². The Morgan fingerprint density at radius 1 is 1.33 bits per heavy atom. The zero-order valence-electron chi connectivity index (χ0n) is 8.63. The lowest BCUT2D eigenvalue weighted by molar-refractivity contribution is 1.25. The number of hydrogen-bond donors (Lipinski definition) is 0. The van der Waals surface area contributed by atoms with Gasteiger partial charge in [-0.15, -0.1) is 11.6 Å². The first kappa shape index (κ1) is 10.2. The number of pyridine rings is 1. The molecule has 2 rings (SSSR count). The smallest absolute Gasteiger partial charge is 0.0705 e. The number of benzene rings is 1. The van der Waals surface area contributed by atoms with E-state index in [-0.39, 0.29) is 0 Å². The minimum atomic E-state index is 0.463. The molecule has 0 amide bonds. The minimum Gasteiger partial charge on any atom is -0.253 e. The molecule has 1 aromatic heterocycles. The summed E-state index contributed by atoms with van der Waals surface area (Å²) in [4.78, 5) is 4.44. The Kier molecular flexibility index (Phi) is 2.74. The molecule has 15 heavy (non-hydrogen) atoms. The normalized spacial score (nSPS) is 10.5. The molecule has 1 heterocycles. The third-order valence-electron chi connectivity index (χ3n) is 2.40. The van der Waals surface area contributed by atoms with Crippen LogP contribution in [0.25, 0.3) is 16.5 Å². The Hall–Kier alpha value is -1.34. The Labute approximate surface area is 94.4 Å². The van der Waals surface area contributed by atoms with E-state index >= 15 is 0 Å². The Balaban J connectivity index is 2.57. The van der Waals surface area contributed by atoms with Gasteiger partial charge in [0.05, 0.1) is 5.52 Å². The molecule has 0 aliphatic carbocycles. The minimum absolute atomic E-state index is 0.463. The Bertz CT molecular complexity index is 517. The van der Waals surface area contributed by atoms with Crippen molar-refractivity contribution < 1.29 is 0 Å². The van der Waals surface area contributed by atoms with E-state index in [9.17, 15) is 0 Å². The van der Waals surface area contributed by atoms with Crippen molar-refractivity contribution in [3.63, 3.8) is 0 Å². The van der Waals surface area contributed by atoms with Crippen LogP contribution in [0.5, 0.6) is 0 Å². The highest BCUT2D eigenvalue weighted by Crippen LogP contribution is 2.20.